The average molecular weight is 284 g/mol. The number of hydrogen-bond donors (Lipinski definition) is 3. The topological polar surface area (TPSA) is 91.5 Å². The summed E-state index contributed by atoms with van der Waals surface area (Å²) in [7, 11) is 0. The summed E-state index contributed by atoms with van der Waals surface area (Å²) < 4.78 is 0. The van der Waals surface area contributed by atoms with E-state index in [1.807, 2.05) is 0 Å². The van der Waals surface area contributed by atoms with Crippen LogP contribution < -0.4 is 11.1 Å². The SMILES string of the molecule is NC(C(=O)O)c1csc(NCCCN2CCCC2)n1. The van der Waals surface area contributed by atoms with Crippen LogP contribution >= 0.6 is 11.3 Å². The first kappa shape index (κ1) is 14.2. The summed E-state index contributed by atoms with van der Waals surface area (Å²) in [5.41, 5.74) is 5.92. The van der Waals surface area contributed by atoms with E-state index in [9.17, 15) is 4.79 Å². The van der Waals surface area contributed by atoms with Gasteiger partial charge in [0.15, 0.2) is 5.13 Å². The van der Waals surface area contributed by atoms with Crippen LogP contribution in [0.2, 0.25) is 0 Å². The fourth-order valence-electron chi connectivity index (χ4n) is 2.14. The van der Waals surface area contributed by atoms with Crippen molar-refractivity contribution in [3.8, 4) is 0 Å². The normalized spacial score (nSPS) is 17.5. The smallest absolute Gasteiger partial charge is 0.326 e. The number of aliphatic carboxylic acids is 1. The van der Waals surface area contributed by atoms with E-state index in [4.69, 9.17) is 10.8 Å². The molecule has 7 heteroatoms. The van der Waals surface area contributed by atoms with Crippen molar-refractivity contribution in [3.63, 3.8) is 0 Å². The zero-order valence-electron chi connectivity index (χ0n) is 10.8. The molecule has 1 atom stereocenters. The molecular weight excluding hydrogens is 264 g/mol. The van der Waals surface area contributed by atoms with Gasteiger partial charge in [0.2, 0.25) is 0 Å². The molecule has 1 saturated heterocycles. The number of carboxylic acid groups (broad SMARTS) is 1. The number of carboxylic acids is 1. The predicted octanol–water partition coefficient (Wildman–Crippen LogP) is 1.13. The second-order valence-electron chi connectivity index (χ2n) is 4.72. The number of thiazole rings is 1. The lowest BCUT2D eigenvalue weighted by Crippen LogP contribution is -2.22. The van der Waals surface area contributed by atoms with E-state index in [-0.39, 0.29) is 0 Å². The first-order chi connectivity index (χ1) is 9.16. The minimum atomic E-state index is -1.05. The van der Waals surface area contributed by atoms with Gasteiger partial charge in [0.1, 0.15) is 6.04 Å². The van der Waals surface area contributed by atoms with Crippen LogP contribution in [0.4, 0.5) is 5.13 Å². The monoisotopic (exact) mass is 284 g/mol. The fraction of sp³-hybridized carbons (Fsp3) is 0.667. The molecule has 6 nitrogen and oxygen atoms in total. The summed E-state index contributed by atoms with van der Waals surface area (Å²) >= 11 is 1.40. The minimum Gasteiger partial charge on any atom is -0.480 e. The van der Waals surface area contributed by atoms with Crippen LogP contribution in [-0.4, -0.2) is 47.1 Å². The Kier molecular flexibility index (Phi) is 5.12. The Labute approximate surface area is 116 Å². The third-order valence-corrected chi connectivity index (χ3v) is 4.05. The van der Waals surface area contributed by atoms with E-state index in [0.29, 0.717) is 5.69 Å². The quantitative estimate of drug-likeness (QED) is 0.650. The number of nitrogens with two attached hydrogens (primary N) is 1. The van der Waals surface area contributed by atoms with Crippen molar-refractivity contribution in [1.82, 2.24) is 9.88 Å². The first-order valence-electron chi connectivity index (χ1n) is 6.57. The van der Waals surface area contributed by atoms with Crippen molar-refractivity contribution < 1.29 is 9.90 Å². The molecule has 106 valence electrons. The van der Waals surface area contributed by atoms with Crippen molar-refractivity contribution in [2.45, 2.75) is 25.3 Å². The highest BCUT2D eigenvalue weighted by atomic mass is 32.1. The zero-order chi connectivity index (χ0) is 13.7. The molecule has 0 aromatic carbocycles. The fourth-order valence-corrected chi connectivity index (χ4v) is 2.92. The van der Waals surface area contributed by atoms with Crippen molar-refractivity contribution >= 4 is 22.4 Å². The molecule has 0 aliphatic carbocycles. The summed E-state index contributed by atoms with van der Waals surface area (Å²) in [5.74, 6) is -1.05. The second-order valence-corrected chi connectivity index (χ2v) is 5.58. The van der Waals surface area contributed by atoms with Gasteiger partial charge in [-0.3, -0.25) is 4.79 Å². The molecule has 0 bridgehead atoms. The van der Waals surface area contributed by atoms with Gasteiger partial charge in [-0.2, -0.15) is 0 Å². The lowest BCUT2D eigenvalue weighted by atomic mass is 10.2. The Balaban J connectivity index is 1.69. The number of likely N-dealkylation sites (tertiary alicyclic amines) is 1. The molecule has 1 aliphatic rings. The molecule has 4 N–H and O–H groups in total. The molecule has 1 unspecified atom stereocenters. The van der Waals surface area contributed by atoms with Gasteiger partial charge >= 0.3 is 5.97 Å². The van der Waals surface area contributed by atoms with Crippen LogP contribution in [0, 0.1) is 0 Å². The first-order valence-corrected chi connectivity index (χ1v) is 7.45. The summed E-state index contributed by atoms with van der Waals surface area (Å²) in [4.78, 5) is 17.4. The van der Waals surface area contributed by atoms with Crippen LogP contribution in [-0.2, 0) is 4.79 Å². The van der Waals surface area contributed by atoms with Crippen molar-refractivity contribution in [3.05, 3.63) is 11.1 Å². The Morgan fingerprint density at radius 1 is 1.58 bits per heavy atom. The van der Waals surface area contributed by atoms with Gasteiger partial charge in [0.05, 0.1) is 5.69 Å². The highest BCUT2D eigenvalue weighted by Gasteiger charge is 2.17. The van der Waals surface area contributed by atoms with E-state index in [2.05, 4.69) is 15.2 Å². The maximum Gasteiger partial charge on any atom is 0.326 e. The van der Waals surface area contributed by atoms with E-state index < -0.39 is 12.0 Å². The Bertz CT molecular complexity index is 418. The molecule has 0 amide bonds. The van der Waals surface area contributed by atoms with Gasteiger partial charge in [-0.05, 0) is 38.9 Å². The van der Waals surface area contributed by atoms with Crippen molar-refractivity contribution in [2.75, 3.05) is 31.5 Å². The maximum absolute atomic E-state index is 10.7. The zero-order valence-corrected chi connectivity index (χ0v) is 11.7. The molecule has 19 heavy (non-hydrogen) atoms. The average Bonchev–Trinajstić information content (AvgIpc) is 3.05. The minimum absolute atomic E-state index is 0.416. The molecule has 2 heterocycles. The number of aromatic nitrogens is 1. The van der Waals surface area contributed by atoms with E-state index in [1.165, 1.54) is 37.3 Å². The summed E-state index contributed by atoms with van der Waals surface area (Å²) in [6.07, 6.45) is 3.70. The van der Waals surface area contributed by atoms with E-state index >= 15 is 0 Å². The van der Waals surface area contributed by atoms with Gasteiger partial charge in [-0.1, -0.05) is 0 Å². The predicted molar refractivity (Wildman–Crippen MR) is 75.5 cm³/mol. The van der Waals surface area contributed by atoms with Crippen LogP contribution in [0.1, 0.15) is 31.0 Å². The molecule has 1 fully saturated rings. The van der Waals surface area contributed by atoms with Gasteiger partial charge in [-0.25, -0.2) is 4.98 Å². The van der Waals surface area contributed by atoms with Crippen LogP contribution in [0.25, 0.3) is 0 Å². The molecule has 0 spiro atoms. The molecule has 1 aromatic heterocycles. The number of nitrogens with one attached hydrogen (secondary N) is 1. The van der Waals surface area contributed by atoms with Gasteiger partial charge in [-0.15, -0.1) is 11.3 Å². The summed E-state index contributed by atoms with van der Waals surface area (Å²) in [6, 6.07) is -1.03. The lowest BCUT2D eigenvalue weighted by Gasteiger charge is -2.13. The van der Waals surface area contributed by atoms with Gasteiger partial charge < -0.3 is 21.1 Å². The highest BCUT2D eigenvalue weighted by molar-refractivity contribution is 7.13. The number of anilines is 1. The van der Waals surface area contributed by atoms with Gasteiger partial charge in [0.25, 0.3) is 0 Å². The van der Waals surface area contributed by atoms with Crippen LogP contribution in [0.15, 0.2) is 5.38 Å². The number of rotatable bonds is 7. The Morgan fingerprint density at radius 3 is 3.00 bits per heavy atom. The molecule has 2 rings (SSSR count). The molecular formula is C12H20N4O2S. The van der Waals surface area contributed by atoms with Gasteiger partial charge in [0, 0.05) is 11.9 Å². The van der Waals surface area contributed by atoms with E-state index in [1.54, 1.807) is 5.38 Å². The number of nitrogens with zero attached hydrogens (tertiary/aromatic N) is 2. The summed E-state index contributed by atoms with van der Waals surface area (Å²) in [5, 5.41) is 14.4. The van der Waals surface area contributed by atoms with Crippen molar-refractivity contribution in [2.24, 2.45) is 5.73 Å². The third-order valence-electron chi connectivity index (χ3n) is 3.23. The van der Waals surface area contributed by atoms with E-state index in [0.717, 1.165) is 24.6 Å². The molecule has 0 radical (unpaired) electrons. The third kappa shape index (κ3) is 4.15. The van der Waals surface area contributed by atoms with Crippen LogP contribution in [0.5, 0.6) is 0 Å². The molecule has 1 aromatic rings. The number of carbonyl (C=O) groups is 1. The van der Waals surface area contributed by atoms with Crippen molar-refractivity contribution in [1.29, 1.82) is 0 Å². The lowest BCUT2D eigenvalue weighted by molar-refractivity contribution is -0.138. The Morgan fingerprint density at radius 2 is 2.32 bits per heavy atom. The second kappa shape index (κ2) is 6.83. The largest absolute Gasteiger partial charge is 0.480 e. The summed E-state index contributed by atoms with van der Waals surface area (Å²) in [6.45, 7) is 4.40. The maximum atomic E-state index is 10.7. The molecule has 0 saturated carbocycles. The highest BCUT2D eigenvalue weighted by Crippen LogP contribution is 2.19. The molecule has 1 aliphatic heterocycles. The van der Waals surface area contributed by atoms with Crippen LogP contribution in [0.3, 0.4) is 0 Å². The standard InChI is InChI=1S/C12H20N4O2S/c13-10(11(17)18)9-8-19-12(15-9)14-4-3-7-16-5-1-2-6-16/h8,10H,1-7,13H2,(H,14,15)(H,17,18). The Hall–Kier alpha value is -1.18. The number of hydrogen-bond acceptors (Lipinski definition) is 6.